The Bertz CT molecular complexity index is 938. The first-order chi connectivity index (χ1) is 16.1. The van der Waals surface area contributed by atoms with Gasteiger partial charge in [0.25, 0.3) is 0 Å². The summed E-state index contributed by atoms with van der Waals surface area (Å²) in [5, 5.41) is 33.4. The number of ketones is 1. The number of carbonyl (C=O) groups is 1. The van der Waals surface area contributed by atoms with Gasteiger partial charge in [0.05, 0.1) is 18.3 Å². The summed E-state index contributed by atoms with van der Waals surface area (Å²) >= 11 is 0. The van der Waals surface area contributed by atoms with Crippen molar-refractivity contribution in [2.24, 2.45) is 50.7 Å². The lowest BCUT2D eigenvalue weighted by Gasteiger charge is -2.63. The van der Waals surface area contributed by atoms with Crippen molar-refractivity contribution in [2.75, 3.05) is 0 Å². The molecule has 2 spiro atoms. The van der Waals surface area contributed by atoms with Crippen LogP contribution in [0.1, 0.15) is 99.8 Å². The molecule has 198 valence electrons. The predicted molar refractivity (Wildman–Crippen MR) is 133 cm³/mol. The summed E-state index contributed by atoms with van der Waals surface area (Å²) in [6.45, 7) is 14.7. The molecule has 6 rings (SSSR count). The number of hydrogen-bond donors (Lipinski definition) is 3. The highest BCUT2D eigenvalue weighted by atomic mass is 16.5. The van der Waals surface area contributed by atoms with E-state index >= 15 is 0 Å². The van der Waals surface area contributed by atoms with E-state index in [4.69, 9.17) is 4.74 Å². The predicted octanol–water partition coefficient (Wildman–Crippen LogP) is 4.50. The normalized spacial score (nSPS) is 58.3. The van der Waals surface area contributed by atoms with E-state index < -0.39 is 17.8 Å². The molecule has 0 aromatic rings. The molecule has 35 heavy (non-hydrogen) atoms. The Morgan fingerprint density at radius 2 is 1.57 bits per heavy atom. The van der Waals surface area contributed by atoms with E-state index in [0.29, 0.717) is 23.7 Å². The van der Waals surface area contributed by atoms with Crippen LogP contribution in [-0.4, -0.2) is 51.1 Å². The molecule has 0 aromatic carbocycles. The molecule has 5 saturated carbocycles. The summed E-state index contributed by atoms with van der Waals surface area (Å²) in [6, 6.07) is 0. The van der Waals surface area contributed by atoms with Crippen LogP contribution in [0.5, 0.6) is 0 Å². The number of aliphatic hydroxyl groups is 3. The summed E-state index contributed by atoms with van der Waals surface area (Å²) in [7, 11) is 0. The van der Waals surface area contributed by atoms with Crippen LogP contribution < -0.4 is 0 Å². The second kappa shape index (κ2) is 6.93. The van der Waals surface area contributed by atoms with E-state index in [-0.39, 0.29) is 51.5 Å². The van der Waals surface area contributed by atoms with Crippen molar-refractivity contribution in [1.29, 1.82) is 0 Å². The van der Waals surface area contributed by atoms with Gasteiger partial charge in [-0.3, -0.25) is 4.79 Å². The molecule has 5 aliphatic carbocycles. The van der Waals surface area contributed by atoms with Gasteiger partial charge in [0.2, 0.25) is 0 Å². The standard InChI is InChI=1S/C30H48O5/c1-16-14-17(23(32)26(4,5)34)35-22-21(16)27(6)12-13-30-15-29(30)11-10-20(31)25(2,3)18(29)8-9-19(30)28(27,7)24(22)33/h16-22,24,31,33-34H,8-15H2,1-7H3/t16-,17?,18+,19?,20+,21+,22?,24+,27?,28-,29?,30?/m1/s1. The summed E-state index contributed by atoms with van der Waals surface area (Å²) in [5.74, 6) is 1.24. The lowest BCUT2D eigenvalue weighted by molar-refractivity contribution is -0.183. The van der Waals surface area contributed by atoms with Gasteiger partial charge in [0.1, 0.15) is 11.7 Å². The van der Waals surface area contributed by atoms with Gasteiger partial charge in [-0.25, -0.2) is 0 Å². The van der Waals surface area contributed by atoms with Crippen LogP contribution >= 0.6 is 0 Å². The number of carbonyl (C=O) groups excluding carboxylic acids is 1. The monoisotopic (exact) mass is 488 g/mol. The molecule has 1 aliphatic heterocycles. The van der Waals surface area contributed by atoms with E-state index in [9.17, 15) is 20.1 Å². The minimum Gasteiger partial charge on any atom is -0.393 e. The molecule has 6 fully saturated rings. The lowest BCUT2D eigenvalue weighted by atomic mass is 9.41. The average Bonchev–Trinajstić information content (AvgIpc) is 3.40. The summed E-state index contributed by atoms with van der Waals surface area (Å²) in [6.07, 6.45) is 6.69. The number of hydrogen-bond acceptors (Lipinski definition) is 5. The van der Waals surface area contributed by atoms with Crippen LogP contribution in [0, 0.1) is 50.7 Å². The fourth-order valence-corrected chi connectivity index (χ4v) is 11.8. The van der Waals surface area contributed by atoms with Gasteiger partial charge in [0.15, 0.2) is 5.78 Å². The fraction of sp³-hybridized carbons (Fsp3) is 0.967. The molecule has 5 nitrogen and oxygen atoms in total. The Morgan fingerprint density at radius 3 is 2.23 bits per heavy atom. The lowest BCUT2D eigenvalue weighted by Crippen LogP contribution is -2.59. The fourth-order valence-electron chi connectivity index (χ4n) is 11.8. The highest BCUT2D eigenvalue weighted by molar-refractivity contribution is 5.90. The Balaban J connectivity index is 1.37. The zero-order valence-electron chi connectivity index (χ0n) is 22.9. The molecule has 12 atom stereocenters. The molecule has 6 aliphatic rings. The molecule has 0 radical (unpaired) electrons. The number of fused-ring (bicyclic) bond motifs is 4. The van der Waals surface area contributed by atoms with Crippen molar-refractivity contribution in [3.8, 4) is 0 Å². The zero-order valence-corrected chi connectivity index (χ0v) is 22.9. The first kappa shape index (κ1) is 24.8. The summed E-state index contributed by atoms with van der Waals surface area (Å²) < 4.78 is 6.49. The Kier molecular flexibility index (Phi) is 4.91. The Morgan fingerprint density at radius 1 is 0.943 bits per heavy atom. The van der Waals surface area contributed by atoms with Crippen LogP contribution in [0.4, 0.5) is 0 Å². The highest BCUT2D eigenvalue weighted by Crippen LogP contribution is 2.89. The maximum absolute atomic E-state index is 13.0. The van der Waals surface area contributed by atoms with Crippen LogP contribution in [0.2, 0.25) is 0 Å². The van der Waals surface area contributed by atoms with Crippen molar-refractivity contribution in [2.45, 2.75) is 130 Å². The average molecular weight is 489 g/mol. The third-order valence-electron chi connectivity index (χ3n) is 13.7. The SMILES string of the molecule is C[C@@H]1CC(C(=O)C(C)(C)O)OC2[C@H]1C1(C)CCC34CC35CC[C@H](O)C(C)(C)[C@@H]5CCC4[C@]1(C)[C@H]2O. The van der Waals surface area contributed by atoms with Crippen molar-refractivity contribution in [3.63, 3.8) is 0 Å². The van der Waals surface area contributed by atoms with Crippen LogP contribution in [0.25, 0.3) is 0 Å². The number of ether oxygens (including phenoxy) is 1. The van der Waals surface area contributed by atoms with Gasteiger partial charge >= 0.3 is 0 Å². The first-order valence-electron chi connectivity index (χ1n) is 14.4. The van der Waals surface area contributed by atoms with E-state index in [1.54, 1.807) is 13.8 Å². The second-order valence-electron chi connectivity index (χ2n) is 15.4. The molecule has 3 N–H and O–H groups in total. The maximum atomic E-state index is 13.0. The third kappa shape index (κ3) is 2.68. The molecular weight excluding hydrogens is 440 g/mol. The van der Waals surface area contributed by atoms with E-state index in [1.165, 1.54) is 12.8 Å². The number of rotatable bonds is 2. The minimum atomic E-state index is -1.43. The number of aliphatic hydroxyl groups excluding tert-OH is 2. The molecule has 1 heterocycles. The zero-order chi connectivity index (χ0) is 25.6. The van der Waals surface area contributed by atoms with Crippen LogP contribution in [0.15, 0.2) is 0 Å². The molecular formula is C30H48O5. The Hall–Kier alpha value is -0.490. The molecule has 0 bridgehead atoms. The van der Waals surface area contributed by atoms with Gasteiger partial charge in [-0.1, -0.05) is 34.6 Å². The van der Waals surface area contributed by atoms with Crippen molar-refractivity contribution in [1.82, 2.24) is 0 Å². The quantitative estimate of drug-likeness (QED) is 0.533. The minimum absolute atomic E-state index is 0.0323. The van der Waals surface area contributed by atoms with Crippen LogP contribution in [0.3, 0.4) is 0 Å². The largest absolute Gasteiger partial charge is 0.393 e. The van der Waals surface area contributed by atoms with Crippen LogP contribution in [-0.2, 0) is 9.53 Å². The van der Waals surface area contributed by atoms with Gasteiger partial charge in [-0.2, -0.15) is 0 Å². The van der Waals surface area contributed by atoms with E-state index in [1.807, 2.05) is 0 Å². The van der Waals surface area contributed by atoms with Gasteiger partial charge in [-0.15, -0.1) is 0 Å². The van der Waals surface area contributed by atoms with Gasteiger partial charge < -0.3 is 20.1 Å². The maximum Gasteiger partial charge on any atom is 0.192 e. The first-order valence-corrected chi connectivity index (χ1v) is 14.4. The van der Waals surface area contributed by atoms with Crippen molar-refractivity contribution >= 4 is 5.78 Å². The Labute approximate surface area is 211 Å². The molecule has 0 aromatic heterocycles. The van der Waals surface area contributed by atoms with Crippen molar-refractivity contribution in [3.05, 3.63) is 0 Å². The van der Waals surface area contributed by atoms with E-state index in [2.05, 4.69) is 34.6 Å². The van der Waals surface area contributed by atoms with Crippen molar-refractivity contribution < 1.29 is 24.9 Å². The smallest absolute Gasteiger partial charge is 0.192 e. The third-order valence-corrected chi connectivity index (χ3v) is 13.7. The second-order valence-corrected chi connectivity index (χ2v) is 15.4. The molecule has 6 unspecified atom stereocenters. The van der Waals surface area contributed by atoms with Gasteiger partial charge in [-0.05, 0) is 111 Å². The highest BCUT2D eigenvalue weighted by Gasteiger charge is 2.84. The molecule has 0 amide bonds. The topological polar surface area (TPSA) is 87.0 Å². The summed E-state index contributed by atoms with van der Waals surface area (Å²) in [4.78, 5) is 13.0. The molecule has 1 saturated heterocycles. The van der Waals surface area contributed by atoms with E-state index in [0.717, 1.165) is 32.1 Å². The number of Topliss-reactive ketones (excluding diaryl/α,β-unsaturated/α-hetero) is 1. The summed E-state index contributed by atoms with van der Waals surface area (Å²) in [5.41, 5.74) is -1.16. The molecule has 5 heteroatoms. The van der Waals surface area contributed by atoms with Gasteiger partial charge in [0, 0.05) is 5.41 Å².